The van der Waals surface area contributed by atoms with Crippen LogP contribution < -0.4 is 10.9 Å². The summed E-state index contributed by atoms with van der Waals surface area (Å²) in [5.41, 5.74) is -0.302. The van der Waals surface area contributed by atoms with E-state index in [4.69, 9.17) is 23.2 Å². The van der Waals surface area contributed by atoms with Crippen molar-refractivity contribution in [2.24, 2.45) is 5.41 Å². The van der Waals surface area contributed by atoms with Gasteiger partial charge in [-0.15, -0.1) is 11.6 Å². The van der Waals surface area contributed by atoms with Crippen LogP contribution in [0.4, 0.5) is 5.82 Å². The highest BCUT2D eigenvalue weighted by Gasteiger charge is 2.17. The molecule has 0 aliphatic carbocycles. The molecule has 1 aromatic rings. The highest BCUT2D eigenvalue weighted by Crippen LogP contribution is 2.22. The van der Waals surface area contributed by atoms with Crippen LogP contribution in [-0.2, 0) is 0 Å². The van der Waals surface area contributed by atoms with E-state index in [1.54, 1.807) is 0 Å². The van der Waals surface area contributed by atoms with Gasteiger partial charge < -0.3 is 10.3 Å². The molecule has 0 aromatic carbocycles. The third-order valence-electron chi connectivity index (χ3n) is 2.30. The van der Waals surface area contributed by atoms with Gasteiger partial charge in [-0.25, -0.2) is 4.98 Å². The van der Waals surface area contributed by atoms with Crippen LogP contribution in [0.5, 0.6) is 0 Å². The van der Waals surface area contributed by atoms with Crippen molar-refractivity contribution < 1.29 is 0 Å². The molecule has 6 heteroatoms. The molecule has 2 N–H and O–H groups in total. The van der Waals surface area contributed by atoms with Crippen molar-refractivity contribution in [3.8, 4) is 0 Å². The summed E-state index contributed by atoms with van der Waals surface area (Å²) >= 11 is 11.5. The number of aromatic amines is 1. The van der Waals surface area contributed by atoms with Crippen LogP contribution in [0.1, 0.15) is 20.3 Å². The van der Waals surface area contributed by atoms with Gasteiger partial charge in [0.1, 0.15) is 5.02 Å². The van der Waals surface area contributed by atoms with Gasteiger partial charge in [0, 0.05) is 12.4 Å². The van der Waals surface area contributed by atoms with Gasteiger partial charge in [0.2, 0.25) is 0 Å². The van der Waals surface area contributed by atoms with E-state index in [2.05, 4.69) is 29.1 Å². The van der Waals surface area contributed by atoms with Gasteiger partial charge in [0.15, 0.2) is 5.82 Å². The molecule has 0 amide bonds. The Bertz CT molecular complexity index is 403. The summed E-state index contributed by atoms with van der Waals surface area (Å²) in [6.07, 6.45) is 2.20. The minimum Gasteiger partial charge on any atom is -0.368 e. The summed E-state index contributed by atoms with van der Waals surface area (Å²) in [4.78, 5) is 17.6. The lowest BCUT2D eigenvalue weighted by Gasteiger charge is -2.24. The van der Waals surface area contributed by atoms with Crippen molar-refractivity contribution in [2.75, 3.05) is 17.7 Å². The minimum absolute atomic E-state index is 0.0371. The predicted molar refractivity (Wildman–Crippen MR) is 67.5 cm³/mol. The smallest absolute Gasteiger partial charge is 0.271 e. The molecule has 1 heterocycles. The molecular weight excluding hydrogens is 249 g/mol. The van der Waals surface area contributed by atoms with Gasteiger partial charge >= 0.3 is 0 Å². The molecule has 0 fully saturated rings. The van der Waals surface area contributed by atoms with Crippen molar-refractivity contribution in [3.63, 3.8) is 0 Å². The number of hydrogen-bond acceptors (Lipinski definition) is 3. The van der Waals surface area contributed by atoms with Gasteiger partial charge in [0.25, 0.3) is 5.56 Å². The highest BCUT2D eigenvalue weighted by atomic mass is 35.5. The summed E-state index contributed by atoms with van der Waals surface area (Å²) in [7, 11) is 0. The first-order chi connectivity index (χ1) is 7.46. The molecule has 0 spiro atoms. The van der Waals surface area contributed by atoms with Crippen LogP contribution in [0.25, 0.3) is 0 Å². The van der Waals surface area contributed by atoms with Gasteiger partial charge in [-0.05, 0) is 11.8 Å². The van der Waals surface area contributed by atoms with Crippen LogP contribution in [0.2, 0.25) is 5.02 Å². The molecule has 0 aliphatic rings. The summed E-state index contributed by atoms with van der Waals surface area (Å²) < 4.78 is 0. The van der Waals surface area contributed by atoms with E-state index < -0.39 is 0 Å². The average molecular weight is 264 g/mol. The molecule has 0 radical (unpaired) electrons. The highest BCUT2D eigenvalue weighted by molar-refractivity contribution is 6.32. The standard InChI is InChI=1S/C10H15Cl2N3O/c1-10(2,3-4-11)5-13-8-7(12)9(16)15-6-14-8/h6H,3-5H2,1-2H3,(H2,13,14,15,16). The van der Waals surface area contributed by atoms with Crippen LogP contribution in [0.3, 0.4) is 0 Å². The molecule has 0 bridgehead atoms. The Hall–Kier alpha value is -0.740. The van der Waals surface area contributed by atoms with E-state index >= 15 is 0 Å². The normalized spacial score (nSPS) is 11.5. The van der Waals surface area contributed by atoms with E-state index in [9.17, 15) is 4.79 Å². The molecule has 16 heavy (non-hydrogen) atoms. The Kier molecular flexibility index (Phi) is 4.62. The maximum Gasteiger partial charge on any atom is 0.271 e. The van der Waals surface area contributed by atoms with Crippen LogP contribution in [0.15, 0.2) is 11.1 Å². The number of nitrogens with one attached hydrogen (secondary N) is 2. The molecule has 1 aromatic heterocycles. The molecular formula is C10H15Cl2N3O. The fourth-order valence-corrected chi connectivity index (χ4v) is 1.86. The van der Waals surface area contributed by atoms with Gasteiger partial charge in [-0.3, -0.25) is 4.79 Å². The van der Waals surface area contributed by atoms with Crippen LogP contribution in [0, 0.1) is 5.41 Å². The van der Waals surface area contributed by atoms with E-state index in [-0.39, 0.29) is 16.0 Å². The van der Waals surface area contributed by atoms with E-state index in [0.717, 1.165) is 6.42 Å². The summed E-state index contributed by atoms with van der Waals surface area (Å²) in [6.45, 7) is 4.84. The molecule has 0 aliphatic heterocycles. The van der Waals surface area contributed by atoms with E-state index in [1.807, 2.05) is 0 Å². The zero-order valence-corrected chi connectivity index (χ0v) is 10.8. The van der Waals surface area contributed by atoms with Crippen LogP contribution in [-0.4, -0.2) is 22.4 Å². The lowest BCUT2D eigenvalue weighted by molar-refractivity contribution is 0.379. The molecule has 0 saturated carbocycles. The first kappa shape index (κ1) is 13.3. The largest absolute Gasteiger partial charge is 0.368 e. The van der Waals surface area contributed by atoms with Crippen LogP contribution >= 0.6 is 23.2 Å². The zero-order valence-electron chi connectivity index (χ0n) is 9.31. The second-order valence-corrected chi connectivity index (χ2v) is 5.11. The third-order valence-corrected chi connectivity index (χ3v) is 2.84. The number of alkyl halides is 1. The monoisotopic (exact) mass is 263 g/mol. The summed E-state index contributed by atoms with van der Waals surface area (Å²) in [5.74, 6) is 1.01. The fourth-order valence-electron chi connectivity index (χ4n) is 1.17. The Labute approximate surface area is 104 Å². The Morgan fingerprint density at radius 2 is 2.25 bits per heavy atom. The first-order valence-corrected chi connectivity index (χ1v) is 5.90. The third kappa shape index (κ3) is 3.68. The lowest BCUT2D eigenvalue weighted by atomic mass is 9.90. The van der Waals surface area contributed by atoms with Crippen molar-refractivity contribution in [1.29, 1.82) is 0 Å². The Balaban J connectivity index is 2.68. The van der Waals surface area contributed by atoms with Crippen molar-refractivity contribution in [2.45, 2.75) is 20.3 Å². The summed E-state index contributed by atoms with van der Waals surface area (Å²) in [5, 5.41) is 3.14. The Morgan fingerprint density at radius 3 is 2.88 bits per heavy atom. The van der Waals surface area contributed by atoms with Crippen molar-refractivity contribution in [1.82, 2.24) is 9.97 Å². The maximum atomic E-state index is 11.2. The van der Waals surface area contributed by atoms with Crippen molar-refractivity contribution >= 4 is 29.0 Å². The Morgan fingerprint density at radius 1 is 1.56 bits per heavy atom. The SMILES string of the molecule is CC(C)(CCCl)CNc1nc[nH]c(=O)c1Cl. The summed E-state index contributed by atoms with van der Waals surface area (Å²) in [6, 6.07) is 0. The van der Waals surface area contributed by atoms with Gasteiger partial charge in [-0.1, -0.05) is 25.4 Å². The zero-order chi connectivity index (χ0) is 12.2. The predicted octanol–water partition coefficient (Wildman–Crippen LogP) is 2.49. The van der Waals surface area contributed by atoms with Crippen molar-refractivity contribution in [3.05, 3.63) is 21.7 Å². The lowest BCUT2D eigenvalue weighted by Crippen LogP contribution is -2.25. The van der Waals surface area contributed by atoms with Gasteiger partial charge in [0.05, 0.1) is 6.33 Å². The number of aromatic nitrogens is 2. The number of nitrogens with zero attached hydrogens (tertiary/aromatic N) is 1. The molecule has 0 saturated heterocycles. The number of anilines is 1. The quantitative estimate of drug-likeness (QED) is 0.803. The second kappa shape index (κ2) is 5.55. The maximum absolute atomic E-state index is 11.2. The molecule has 1 rings (SSSR count). The number of halogens is 2. The first-order valence-electron chi connectivity index (χ1n) is 4.99. The molecule has 0 atom stereocenters. The van der Waals surface area contributed by atoms with E-state index in [0.29, 0.717) is 18.2 Å². The second-order valence-electron chi connectivity index (χ2n) is 4.35. The molecule has 90 valence electrons. The fraction of sp³-hybridized carbons (Fsp3) is 0.600. The number of H-pyrrole nitrogens is 1. The minimum atomic E-state index is -0.339. The van der Waals surface area contributed by atoms with Gasteiger partial charge in [-0.2, -0.15) is 0 Å². The topological polar surface area (TPSA) is 57.8 Å². The number of rotatable bonds is 5. The molecule has 4 nitrogen and oxygen atoms in total. The average Bonchev–Trinajstić information content (AvgIpc) is 2.20. The molecule has 0 unspecified atom stereocenters. The van der Waals surface area contributed by atoms with E-state index in [1.165, 1.54) is 6.33 Å². The number of hydrogen-bond donors (Lipinski definition) is 2.